The van der Waals surface area contributed by atoms with E-state index in [2.05, 4.69) is 10.4 Å². The lowest BCUT2D eigenvalue weighted by molar-refractivity contribution is -0.116. The Kier molecular flexibility index (Phi) is 4.20. The molecule has 0 atom stereocenters. The molecule has 0 saturated heterocycles. The molecule has 0 aliphatic heterocycles. The SMILES string of the molecule is Cn1nc(CNC(=O)/C=C/c2cccs2)cc1-c1ccco1. The van der Waals surface area contributed by atoms with Gasteiger partial charge in [-0.25, -0.2) is 0 Å². The molecule has 6 heteroatoms. The molecule has 0 saturated carbocycles. The largest absolute Gasteiger partial charge is 0.463 e. The number of nitrogens with one attached hydrogen (secondary N) is 1. The number of hydrogen-bond acceptors (Lipinski definition) is 4. The Morgan fingerprint density at radius 3 is 3.09 bits per heavy atom. The number of furan rings is 1. The summed E-state index contributed by atoms with van der Waals surface area (Å²) in [4.78, 5) is 12.8. The number of amides is 1. The van der Waals surface area contributed by atoms with E-state index in [1.807, 2.05) is 42.8 Å². The first kappa shape index (κ1) is 14.3. The minimum Gasteiger partial charge on any atom is -0.463 e. The van der Waals surface area contributed by atoms with E-state index in [0.717, 1.165) is 22.0 Å². The van der Waals surface area contributed by atoms with Crippen LogP contribution in [0.4, 0.5) is 0 Å². The molecular weight excluding hydrogens is 298 g/mol. The van der Waals surface area contributed by atoms with Gasteiger partial charge in [-0.1, -0.05) is 6.07 Å². The second-order valence-corrected chi connectivity index (χ2v) is 5.67. The third-order valence-corrected chi connectivity index (χ3v) is 3.93. The van der Waals surface area contributed by atoms with Gasteiger partial charge < -0.3 is 9.73 Å². The van der Waals surface area contributed by atoms with Crippen LogP contribution in [0.1, 0.15) is 10.6 Å². The highest BCUT2D eigenvalue weighted by atomic mass is 32.1. The summed E-state index contributed by atoms with van der Waals surface area (Å²) in [5.74, 6) is 0.615. The van der Waals surface area contributed by atoms with Gasteiger partial charge in [0.25, 0.3) is 0 Å². The molecule has 0 aliphatic carbocycles. The molecule has 0 unspecified atom stereocenters. The van der Waals surface area contributed by atoms with Crippen LogP contribution in [0.15, 0.2) is 52.5 Å². The average Bonchev–Trinajstić information content (AvgIpc) is 3.24. The van der Waals surface area contributed by atoms with Gasteiger partial charge in [0.05, 0.1) is 18.5 Å². The fourth-order valence-corrected chi connectivity index (χ4v) is 2.67. The summed E-state index contributed by atoms with van der Waals surface area (Å²) in [5.41, 5.74) is 1.66. The molecule has 5 nitrogen and oxygen atoms in total. The Morgan fingerprint density at radius 2 is 2.36 bits per heavy atom. The molecule has 3 aromatic heterocycles. The first-order chi connectivity index (χ1) is 10.7. The molecule has 1 N–H and O–H groups in total. The van der Waals surface area contributed by atoms with Crippen molar-refractivity contribution in [3.63, 3.8) is 0 Å². The molecule has 0 aliphatic rings. The zero-order chi connectivity index (χ0) is 15.4. The molecule has 3 rings (SSSR count). The predicted molar refractivity (Wildman–Crippen MR) is 86.1 cm³/mol. The molecule has 0 bridgehead atoms. The van der Waals surface area contributed by atoms with Crippen molar-refractivity contribution in [3.05, 3.63) is 58.6 Å². The minimum atomic E-state index is -0.140. The number of carbonyl (C=O) groups is 1. The lowest BCUT2D eigenvalue weighted by Gasteiger charge is -1.97. The number of aryl methyl sites for hydroxylation is 1. The van der Waals surface area contributed by atoms with Gasteiger partial charge in [0, 0.05) is 18.0 Å². The van der Waals surface area contributed by atoms with E-state index in [9.17, 15) is 4.79 Å². The lowest BCUT2D eigenvalue weighted by atomic mass is 10.3. The van der Waals surface area contributed by atoms with Crippen molar-refractivity contribution in [2.75, 3.05) is 0 Å². The summed E-state index contributed by atoms with van der Waals surface area (Å²) in [7, 11) is 1.85. The maximum atomic E-state index is 11.8. The van der Waals surface area contributed by atoms with Gasteiger partial charge in [-0.05, 0) is 35.7 Å². The second-order valence-electron chi connectivity index (χ2n) is 4.69. The first-order valence-corrected chi connectivity index (χ1v) is 7.66. The van der Waals surface area contributed by atoms with Crippen LogP contribution in [0.3, 0.4) is 0 Å². The Morgan fingerprint density at radius 1 is 1.45 bits per heavy atom. The van der Waals surface area contributed by atoms with Gasteiger partial charge in [0.2, 0.25) is 5.91 Å². The van der Waals surface area contributed by atoms with Crippen LogP contribution < -0.4 is 5.32 Å². The fraction of sp³-hybridized carbons (Fsp3) is 0.125. The quantitative estimate of drug-likeness (QED) is 0.736. The van der Waals surface area contributed by atoms with Crippen molar-refractivity contribution >= 4 is 23.3 Å². The van der Waals surface area contributed by atoms with Crippen molar-refractivity contribution in [2.45, 2.75) is 6.54 Å². The van der Waals surface area contributed by atoms with E-state index < -0.39 is 0 Å². The third kappa shape index (κ3) is 3.35. The van der Waals surface area contributed by atoms with Crippen LogP contribution in [0.25, 0.3) is 17.5 Å². The Balaban J connectivity index is 1.60. The number of thiophene rings is 1. The third-order valence-electron chi connectivity index (χ3n) is 3.09. The van der Waals surface area contributed by atoms with Gasteiger partial charge in [-0.3, -0.25) is 9.48 Å². The highest BCUT2D eigenvalue weighted by Crippen LogP contribution is 2.20. The smallest absolute Gasteiger partial charge is 0.244 e. The van der Waals surface area contributed by atoms with E-state index in [1.54, 1.807) is 28.4 Å². The van der Waals surface area contributed by atoms with Crippen molar-refractivity contribution in [1.82, 2.24) is 15.1 Å². The monoisotopic (exact) mass is 313 g/mol. The van der Waals surface area contributed by atoms with Crippen molar-refractivity contribution in [2.24, 2.45) is 7.05 Å². The number of aromatic nitrogens is 2. The van der Waals surface area contributed by atoms with Crippen molar-refractivity contribution < 1.29 is 9.21 Å². The van der Waals surface area contributed by atoms with E-state index in [-0.39, 0.29) is 5.91 Å². The highest BCUT2D eigenvalue weighted by molar-refractivity contribution is 7.10. The molecule has 0 radical (unpaired) electrons. The highest BCUT2D eigenvalue weighted by Gasteiger charge is 2.09. The minimum absolute atomic E-state index is 0.140. The van der Waals surface area contributed by atoms with Gasteiger partial charge in [0.15, 0.2) is 5.76 Å². The van der Waals surface area contributed by atoms with E-state index in [0.29, 0.717) is 6.54 Å². The standard InChI is InChI=1S/C16H15N3O2S/c1-19-14(15-5-2-8-21-15)10-12(18-19)11-17-16(20)7-6-13-4-3-9-22-13/h2-10H,11H2,1H3,(H,17,20)/b7-6+. The predicted octanol–water partition coefficient (Wildman–Crippen LogP) is 3.07. The lowest BCUT2D eigenvalue weighted by Crippen LogP contribution is -2.20. The molecule has 0 spiro atoms. The molecule has 3 heterocycles. The molecule has 3 aromatic rings. The van der Waals surface area contributed by atoms with Gasteiger partial charge in [-0.15, -0.1) is 11.3 Å². The summed E-state index contributed by atoms with van der Waals surface area (Å²) in [6.45, 7) is 0.377. The van der Waals surface area contributed by atoms with Gasteiger partial charge >= 0.3 is 0 Å². The maximum Gasteiger partial charge on any atom is 0.244 e. The van der Waals surface area contributed by atoms with Crippen LogP contribution in [-0.4, -0.2) is 15.7 Å². The van der Waals surface area contributed by atoms with E-state index >= 15 is 0 Å². The Bertz CT molecular complexity index is 771. The number of rotatable bonds is 5. The summed E-state index contributed by atoms with van der Waals surface area (Å²) >= 11 is 1.59. The molecule has 0 fully saturated rings. The Hall–Kier alpha value is -2.60. The summed E-state index contributed by atoms with van der Waals surface area (Å²) in [6, 6.07) is 9.53. The molecule has 0 aromatic carbocycles. The van der Waals surface area contributed by atoms with Gasteiger partial charge in [-0.2, -0.15) is 5.10 Å². The van der Waals surface area contributed by atoms with Crippen LogP contribution in [-0.2, 0) is 18.4 Å². The maximum absolute atomic E-state index is 11.8. The molecule has 1 amide bonds. The molecule has 22 heavy (non-hydrogen) atoms. The van der Waals surface area contributed by atoms with Gasteiger partial charge in [0.1, 0.15) is 5.69 Å². The topological polar surface area (TPSA) is 60.1 Å². The van der Waals surface area contributed by atoms with Crippen LogP contribution in [0.5, 0.6) is 0 Å². The number of hydrogen-bond donors (Lipinski definition) is 1. The number of carbonyl (C=O) groups excluding carboxylic acids is 1. The molecule has 112 valence electrons. The summed E-state index contributed by atoms with van der Waals surface area (Å²) in [5, 5.41) is 9.16. The fourth-order valence-electron chi connectivity index (χ4n) is 2.05. The van der Waals surface area contributed by atoms with Crippen molar-refractivity contribution in [3.8, 4) is 11.5 Å². The van der Waals surface area contributed by atoms with Crippen molar-refractivity contribution in [1.29, 1.82) is 0 Å². The average molecular weight is 313 g/mol. The summed E-state index contributed by atoms with van der Waals surface area (Å²) < 4.78 is 7.10. The van der Waals surface area contributed by atoms with Crippen LogP contribution >= 0.6 is 11.3 Å². The van der Waals surface area contributed by atoms with E-state index in [1.165, 1.54) is 6.08 Å². The zero-order valence-corrected chi connectivity index (χ0v) is 12.8. The molecular formula is C16H15N3O2S. The normalized spacial score (nSPS) is 11.1. The second kappa shape index (κ2) is 6.44. The number of nitrogens with zero attached hydrogens (tertiary/aromatic N) is 2. The summed E-state index contributed by atoms with van der Waals surface area (Å²) in [6.07, 6.45) is 4.95. The Labute approximate surface area is 131 Å². The zero-order valence-electron chi connectivity index (χ0n) is 12.0. The van der Waals surface area contributed by atoms with Crippen LogP contribution in [0, 0.1) is 0 Å². The first-order valence-electron chi connectivity index (χ1n) is 6.78. The van der Waals surface area contributed by atoms with E-state index in [4.69, 9.17) is 4.42 Å². The van der Waals surface area contributed by atoms with Crippen LogP contribution in [0.2, 0.25) is 0 Å².